The molecule has 0 radical (unpaired) electrons. The van der Waals surface area contributed by atoms with E-state index < -0.39 is 0 Å². The third-order valence-corrected chi connectivity index (χ3v) is 3.89. The Morgan fingerprint density at radius 1 is 1.00 bits per heavy atom. The van der Waals surface area contributed by atoms with Gasteiger partial charge in [-0.05, 0) is 48.6 Å². The summed E-state index contributed by atoms with van der Waals surface area (Å²) in [5.74, 6) is 1.78. The van der Waals surface area contributed by atoms with Gasteiger partial charge in [0.25, 0.3) is 0 Å². The van der Waals surface area contributed by atoms with Crippen molar-refractivity contribution >= 4 is 0 Å². The normalized spacial score (nSPS) is 15.8. The largest absolute Gasteiger partial charge is 0.497 e. The van der Waals surface area contributed by atoms with Crippen molar-refractivity contribution in [3.63, 3.8) is 0 Å². The standard InChI is InChI=1S/C18H21NO/c1-20-17-11-9-16(10-12-17)18(19-13-14-7-8-14)15-5-3-2-4-6-15/h2-6,9-12,14,18-19H,7-8,13H2,1H3. The van der Waals surface area contributed by atoms with E-state index in [9.17, 15) is 0 Å². The topological polar surface area (TPSA) is 21.3 Å². The van der Waals surface area contributed by atoms with Crippen molar-refractivity contribution < 1.29 is 4.74 Å². The van der Waals surface area contributed by atoms with E-state index in [1.165, 1.54) is 24.0 Å². The van der Waals surface area contributed by atoms with E-state index >= 15 is 0 Å². The van der Waals surface area contributed by atoms with Gasteiger partial charge in [-0.1, -0.05) is 42.5 Å². The van der Waals surface area contributed by atoms with E-state index in [0.29, 0.717) is 0 Å². The predicted molar refractivity (Wildman–Crippen MR) is 82.0 cm³/mol. The van der Waals surface area contributed by atoms with Crippen LogP contribution < -0.4 is 10.1 Å². The molecule has 0 amide bonds. The second-order valence-corrected chi connectivity index (χ2v) is 5.47. The fraction of sp³-hybridized carbons (Fsp3) is 0.333. The van der Waals surface area contributed by atoms with Crippen LogP contribution >= 0.6 is 0 Å². The number of benzene rings is 2. The van der Waals surface area contributed by atoms with Gasteiger partial charge < -0.3 is 10.1 Å². The third kappa shape index (κ3) is 3.20. The SMILES string of the molecule is COc1ccc(C(NCC2CC2)c2ccccc2)cc1. The Balaban J connectivity index is 1.82. The first-order valence-corrected chi connectivity index (χ1v) is 7.29. The minimum Gasteiger partial charge on any atom is -0.497 e. The van der Waals surface area contributed by atoms with Gasteiger partial charge in [-0.3, -0.25) is 0 Å². The molecule has 2 aromatic carbocycles. The lowest BCUT2D eigenvalue weighted by Gasteiger charge is -2.20. The maximum absolute atomic E-state index is 5.24. The van der Waals surface area contributed by atoms with Crippen molar-refractivity contribution in [1.29, 1.82) is 0 Å². The molecule has 1 aliphatic carbocycles. The smallest absolute Gasteiger partial charge is 0.118 e. The van der Waals surface area contributed by atoms with Crippen LogP contribution in [0.5, 0.6) is 5.75 Å². The quantitative estimate of drug-likeness (QED) is 0.860. The second-order valence-electron chi connectivity index (χ2n) is 5.47. The number of methoxy groups -OCH3 is 1. The first-order valence-electron chi connectivity index (χ1n) is 7.29. The van der Waals surface area contributed by atoms with Crippen molar-refractivity contribution in [2.75, 3.05) is 13.7 Å². The summed E-state index contributed by atoms with van der Waals surface area (Å²) < 4.78 is 5.24. The van der Waals surface area contributed by atoms with Crippen LogP contribution in [0.3, 0.4) is 0 Å². The molecule has 1 aliphatic rings. The van der Waals surface area contributed by atoms with Gasteiger partial charge in [0.05, 0.1) is 13.2 Å². The number of ether oxygens (including phenoxy) is 1. The first-order chi connectivity index (χ1) is 9.86. The van der Waals surface area contributed by atoms with Gasteiger partial charge in [-0.25, -0.2) is 0 Å². The minimum atomic E-state index is 0.266. The van der Waals surface area contributed by atoms with Gasteiger partial charge in [0.1, 0.15) is 5.75 Å². The first kappa shape index (κ1) is 13.2. The summed E-state index contributed by atoms with van der Waals surface area (Å²) in [5.41, 5.74) is 2.61. The lowest BCUT2D eigenvalue weighted by molar-refractivity contribution is 0.414. The Morgan fingerprint density at radius 2 is 1.65 bits per heavy atom. The number of rotatable bonds is 6. The molecule has 2 nitrogen and oxygen atoms in total. The Bertz CT molecular complexity index is 531. The summed E-state index contributed by atoms with van der Waals surface area (Å²) in [5, 5.41) is 3.71. The van der Waals surface area contributed by atoms with Gasteiger partial charge in [-0.2, -0.15) is 0 Å². The van der Waals surface area contributed by atoms with Gasteiger partial charge in [-0.15, -0.1) is 0 Å². The average Bonchev–Trinajstić information content (AvgIpc) is 3.33. The molecular formula is C18H21NO. The number of hydrogen-bond acceptors (Lipinski definition) is 2. The summed E-state index contributed by atoms with van der Waals surface area (Å²) in [6.45, 7) is 1.10. The Morgan fingerprint density at radius 3 is 2.25 bits per heavy atom. The molecule has 104 valence electrons. The maximum Gasteiger partial charge on any atom is 0.118 e. The van der Waals surface area contributed by atoms with Gasteiger partial charge in [0, 0.05) is 0 Å². The monoisotopic (exact) mass is 267 g/mol. The van der Waals surface area contributed by atoms with Crippen LogP contribution in [0.15, 0.2) is 54.6 Å². The molecule has 1 N–H and O–H groups in total. The highest BCUT2D eigenvalue weighted by Gasteiger charge is 2.23. The van der Waals surface area contributed by atoms with Crippen LogP contribution in [0.25, 0.3) is 0 Å². The highest BCUT2D eigenvalue weighted by atomic mass is 16.5. The lowest BCUT2D eigenvalue weighted by atomic mass is 9.98. The Labute approximate surface area is 120 Å². The van der Waals surface area contributed by atoms with Crippen molar-refractivity contribution in [3.05, 3.63) is 65.7 Å². The molecular weight excluding hydrogens is 246 g/mol. The molecule has 1 unspecified atom stereocenters. The molecule has 20 heavy (non-hydrogen) atoms. The van der Waals surface area contributed by atoms with Crippen LogP contribution in [0, 0.1) is 5.92 Å². The molecule has 1 saturated carbocycles. The van der Waals surface area contributed by atoms with E-state index in [0.717, 1.165) is 18.2 Å². The second kappa shape index (κ2) is 6.10. The van der Waals surface area contributed by atoms with Gasteiger partial charge in [0.2, 0.25) is 0 Å². The summed E-state index contributed by atoms with van der Waals surface area (Å²) in [4.78, 5) is 0. The molecule has 0 aromatic heterocycles. The molecule has 0 aliphatic heterocycles. The van der Waals surface area contributed by atoms with Crippen LogP contribution in [0.1, 0.15) is 30.0 Å². The zero-order valence-corrected chi connectivity index (χ0v) is 11.9. The fourth-order valence-corrected chi connectivity index (χ4v) is 2.48. The highest BCUT2D eigenvalue weighted by Crippen LogP contribution is 2.30. The third-order valence-electron chi connectivity index (χ3n) is 3.89. The van der Waals surface area contributed by atoms with Gasteiger partial charge >= 0.3 is 0 Å². The fourth-order valence-electron chi connectivity index (χ4n) is 2.48. The molecule has 0 heterocycles. The van der Waals surface area contributed by atoms with Gasteiger partial charge in [0.15, 0.2) is 0 Å². The number of nitrogens with one attached hydrogen (secondary N) is 1. The van der Waals surface area contributed by atoms with E-state index in [4.69, 9.17) is 4.74 Å². The minimum absolute atomic E-state index is 0.266. The van der Waals surface area contributed by atoms with E-state index in [-0.39, 0.29) is 6.04 Å². The van der Waals surface area contributed by atoms with Crippen LogP contribution in [-0.2, 0) is 0 Å². The van der Waals surface area contributed by atoms with Crippen molar-refractivity contribution in [2.45, 2.75) is 18.9 Å². The van der Waals surface area contributed by atoms with Crippen molar-refractivity contribution in [3.8, 4) is 5.75 Å². The zero-order valence-electron chi connectivity index (χ0n) is 11.9. The lowest BCUT2D eigenvalue weighted by Crippen LogP contribution is -2.24. The molecule has 2 heteroatoms. The molecule has 0 bridgehead atoms. The highest BCUT2D eigenvalue weighted by molar-refractivity contribution is 5.35. The number of hydrogen-bond donors (Lipinski definition) is 1. The van der Waals surface area contributed by atoms with Crippen molar-refractivity contribution in [2.24, 2.45) is 5.92 Å². The average molecular weight is 267 g/mol. The summed E-state index contributed by atoms with van der Waals surface area (Å²) in [6.07, 6.45) is 2.74. The van der Waals surface area contributed by atoms with E-state index in [2.05, 4.69) is 47.8 Å². The molecule has 0 spiro atoms. The molecule has 2 aromatic rings. The van der Waals surface area contributed by atoms with Crippen LogP contribution in [-0.4, -0.2) is 13.7 Å². The van der Waals surface area contributed by atoms with Crippen molar-refractivity contribution in [1.82, 2.24) is 5.32 Å². The molecule has 3 rings (SSSR count). The zero-order chi connectivity index (χ0) is 13.8. The molecule has 1 fully saturated rings. The molecule has 0 saturated heterocycles. The summed E-state index contributed by atoms with van der Waals surface area (Å²) >= 11 is 0. The summed E-state index contributed by atoms with van der Waals surface area (Å²) in [6, 6.07) is 19.3. The predicted octanol–water partition coefficient (Wildman–Crippen LogP) is 3.78. The Kier molecular flexibility index (Phi) is 4.03. The van der Waals surface area contributed by atoms with E-state index in [1.807, 2.05) is 12.1 Å². The Hall–Kier alpha value is -1.80. The van der Waals surface area contributed by atoms with Crippen LogP contribution in [0.2, 0.25) is 0 Å². The molecule has 1 atom stereocenters. The van der Waals surface area contributed by atoms with E-state index in [1.54, 1.807) is 7.11 Å². The summed E-state index contributed by atoms with van der Waals surface area (Å²) in [7, 11) is 1.70. The van der Waals surface area contributed by atoms with Crippen LogP contribution in [0.4, 0.5) is 0 Å². The maximum atomic E-state index is 5.24.